The lowest BCUT2D eigenvalue weighted by atomic mass is 9.84. The molecule has 5 rings (SSSR count). The van der Waals surface area contributed by atoms with Gasteiger partial charge in [-0.1, -0.05) is 30.3 Å². The quantitative estimate of drug-likeness (QED) is 0.430. The van der Waals surface area contributed by atoms with Crippen molar-refractivity contribution in [1.29, 1.82) is 0 Å². The van der Waals surface area contributed by atoms with Gasteiger partial charge in [-0.05, 0) is 59.9 Å². The van der Waals surface area contributed by atoms with E-state index in [1.807, 2.05) is 71.9 Å². The average Bonchev–Trinajstić information content (AvgIpc) is 3.52. The lowest BCUT2D eigenvalue weighted by Gasteiger charge is -2.39. The van der Waals surface area contributed by atoms with Gasteiger partial charge in [-0.3, -0.25) is 0 Å². The zero-order valence-corrected chi connectivity index (χ0v) is 27.0. The molecule has 1 aromatic rings. The third-order valence-electron chi connectivity index (χ3n) is 8.21. The molecule has 4 aliphatic rings. The summed E-state index contributed by atoms with van der Waals surface area (Å²) in [4.78, 5) is 38.4. The normalized spacial score (nSPS) is 28.0. The zero-order valence-electron chi connectivity index (χ0n) is 27.0. The SMILES string of the molecule is CC(C)(C)OC(=O)N[C@@]12COCC[C@H]1CN(C(=O)OCc1ccccc1)C2.CC(C)(C)OC(=O)N[C@]12CNC[C@@H]1CCOC2. The van der Waals surface area contributed by atoms with Gasteiger partial charge in [-0.2, -0.15) is 0 Å². The Morgan fingerprint density at radius 3 is 2.07 bits per heavy atom. The second kappa shape index (κ2) is 13.9. The molecule has 4 saturated heterocycles. The number of benzene rings is 1. The summed E-state index contributed by atoms with van der Waals surface area (Å²) in [7, 11) is 0. The summed E-state index contributed by atoms with van der Waals surface area (Å²) < 4.78 is 27.3. The van der Waals surface area contributed by atoms with Crippen LogP contribution in [0.1, 0.15) is 59.9 Å². The lowest BCUT2D eigenvalue weighted by molar-refractivity contribution is -0.00969. The first-order valence-corrected chi connectivity index (χ1v) is 15.5. The van der Waals surface area contributed by atoms with E-state index in [0.717, 1.165) is 38.1 Å². The molecule has 0 saturated carbocycles. The summed E-state index contributed by atoms with van der Waals surface area (Å²) >= 11 is 0. The van der Waals surface area contributed by atoms with Crippen LogP contribution in [0.3, 0.4) is 0 Å². The highest BCUT2D eigenvalue weighted by Crippen LogP contribution is 2.35. The molecule has 4 heterocycles. The first-order valence-electron chi connectivity index (χ1n) is 15.5. The first-order chi connectivity index (χ1) is 20.7. The molecule has 0 aliphatic carbocycles. The maximum atomic E-state index is 12.5. The molecule has 4 fully saturated rings. The van der Waals surface area contributed by atoms with E-state index in [4.69, 9.17) is 23.7 Å². The van der Waals surface area contributed by atoms with E-state index < -0.39 is 22.8 Å². The minimum Gasteiger partial charge on any atom is -0.445 e. The molecule has 44 heavy (non-hydrogen) atoms. The van der Waals surface area contributed by atoms with E-state index in [9.17, 15) is 14.4 Å². The van der Waals surface area contributed by atoms with Gasteiger partial charge >= 0.3 is 18.3 Å². The number of hydrogen-bond donors (Lipinski definition) is 3. The van der Waals surface area contributed by atoms with Gasteiger partial charge in [0.05, 0.1) is 24.3 Å². The van der Waals surface area contributed by atoms with Crippen LogP contribution < -0.4 is 16.0 Å². The van der Waals surface area contributed by atoms with Crippen LogP contribution in [0.25, 0.3) is 0 Å². The number of ether oxygens (including phenoxy) is 5. The number of amides is 3. The van der Waals surface area contributed by atoms with Crippen LogP contribution in [-0.4, -0.2) is 98.1 Å². The smallest absolute Gasteiger partial charge is 0.410 e. The third-order valence-corrected chi connectivity index (χ3v) is 8.21. The molecular weight excluding hydrogens is 568 g/mol. The molecule has 1 aromatic carbocycles. The van der Waals surface area contributed by atoms with Crippen molar-refractivity contribution < 1.29 is 38.1 Å². The summed E-state index contributed by atoms with van der Waals surface area (Å²) in [6, 6.07) is 9.56. The molecule has 12 nitrogen and oxygen atoms in total. The number of fused-ring (bicyclic) bond motifs is 2. The monoisotopic (exact) mass is 618 g/mol. The fourth-order valence-corrected chi connectivity index (χ4v) is 6.15. The van der Waals surface area contributed by atoms with E-state index in [2.05, 4.69) is 16.0 Å². The van der Waals surface area contributed by atoms with Crippen LogP contribution in [0.15, 0.2) is 30.3 Å². The largest absolute Gasteiger partial charge is 0.445 e. The van der Waals surface area contributed by atoms with E-state index in [-0.39, 0.29) is 30.3 Å². The predicted molar refractivity (Wildman–Crippen MR) is 163 cm³/mol. The molecule has 0 unspecified atom stereocenters. The summed E-state index contributed by atoms with van der Waals surface area (Å²) in [6.45, 7) is 16.2. The minimum absolute atomic E-state index is 0.114. The second-order valence-corrected chi connectivity index (χ2v) is 14.2. The third kappa shape index (κ3) is 9.21. The highest BCUT2D eigenvalue weighted by Gasteiger charge is 2.52. The van der Waals surface area contributed by atoms with Crippen LogP contribution >= 0.6 is 0 Å². The van der Waals surface area contributed by atoms with Crippen LogP contribution in [0.2, 0.25) is 0 Å². The Morgan fingerprint density at radius 1 is 0.886 bits per heavy atom. The van der Waals surface area contributed by atoms with Crippen molar-refractivity contribution in [3.05, 3.63) is 35.9 Å². The van der Waals surface area contributed by atoms with Gasteiger partial charge in [0.15, 0.2) is 0 Å². The van der Waals surface area contributed by atoms with Crippen molar-refractivity contribution >= 4 is 18.3 Å². The molecule has 3 amide bonds. The molecule has 4 aliphatic heterocycles. The molecule has 12 heteroatoms. The number of rotatable bonds is 4. The Morgan fingerprint density at radius 2 is 1.45 bits per heavy atom. The number of carbonyl (C=O) groups excluding carboxylic acids is 3. The van der Waals surface area contributed by atoms with Gasteiger partial charge in [-0.15, -0.1) is 0 Å². The van der Waals surface area contributed by atoms with Crippen molar-refractivity contribution in [3.63, 3.8) is 0 Å². The van der Waals surface area contributed by atoms with Crippen LogP contribution in [0, 0.1) is 11.8 Å². The zero-order chi connectivity index (χ0) is 32.0. The van der Waals surface area contributed by atoms with E-state index in [0.29, 0.717) is 38.8 Å². The summed E-state index contributed by atoms with van der Waals surface area (Å²) in [5, 5.41) is 9.30. The fraction of sp³-hybridized carbons (Fsp3) is 0.719. The Labute approximate surface area is 260 Å². The first kappa shape index (κ1) is 33.8. The van der Waals surface area contributed by atoms with Gasteiger partial charge in [-0.25, -0.2) is 14.4 Å². The maximum absolute atomic E-state index is 12.5. The number of likely N-dealkylation sites (tertiary alicyclic amines) is 1. The van der Waals surface area contributed by atoms with Crippen LogP contribution in [-0.2, 0) is 30.3 Å². The van der Waals surface area contributed by atoms with Crippen LogP contribution in [0.5, 0.6) is 0 Å². The summed E-state index contributed by atoms with van der Waals surface area (Å²) in [5.41, 5.74) is -1.02. The Bertz CT molecular complexity index is 1140. The summed E-state index contributed by atoms with van der Waals surface area (Å²) in [6.07, 6.45) is 0.550. The fourth-order valence-electron chi connectivity index (χ4n) is 6.15. The van der Waals surface area contributed by atoms with Gasteiger partial charge in [0, 0.05) is 51.2 Å². The van der Waals surface area contributed by atoms with E-state index >= 15 is 0 Å². The Hall–Kier alpha value is -3.09. The molecule has 246 valence electrons. The van der Waals surface area contributed by atoms with Gasteiger partial charge in [0.25, 0.3) is 0 Å². The van der Waals surface area contributed by atoms with Gasteiger partial charge in [0.2, 0.25) is 0 Å². The Kier molecular flexibility index (Phi) is 10.7. The van der Waals surface area contributed by atoms with Crippen molar-refractivity contribution in [1.82, 2.24) is 20.9 Å². The molecule has 0 bridgehead atoms. The number of nitrogens with zero attached hydrogens (tertiary/aromatic N) is 1. The number of carbonyl (C=O) groups is 3. The average molecular weight is 619 g/mol. The highest BCUT2D eigenvalue weighted by molar-refractivity contribution is 5.71. The molecule has 0 aromatic heterocycles. The Balaban J connectivity index is 0.000000223. The van der Waals surface area contributed by atoms with Gasteiger partial charge in [0.1, 0.15) is 17.8 Å². The molecule has 3 N–H and O–H groups in total. The molecular formula is C32H50N4O8. The summed E-state index contributed by atoms with van der Waals surface area (Å²) in [5.74, 6) is 0.562. The number of hydrogen-bond acceptors (Lipinski definition) is 9. The topological polar surface area (TPSA) is 137 Å². The molecule has 0 radical (unpaired) electrons. The lowest BCUT2D eigenvalue weighted by Crippen LogP contribution is -2.60. The van der Waals surface area contributed by atoms with Gasteiger partial charge < -0.3 is 44.5 Å². The van der Waals surface area contributed by atoms with Crippen molar-refractivity contribution in [2.75, 3.05) is 52.6 Å². The number of alkyl carbamates (subject to hydrolysis) is 2. The van der Waals surface area contributed by atoms with Crippen LogP contribution in [0.4, 0.5) is 14.4 Å². The minimum atomic E-state index is -0.633. The standard InChI is InChI=1S/C20H28N2O5.C12H22N2O3/c1-19(2,3)27-17(23)21-20-13-22(11-16(20)9-10-25-14-20)18(24)26-12-15-7-5-4-6-8-15;1-11(2,3)17-10(15)14-12-7-13-6-9(12)4-5-16-8-12/h4-8,16H,9-14H2,1-3H3,(H,21,23);9,13H,4-8H2,1-3H3,(H,14,15)/t16-,20-;9-,12-/m00/s1. The van der Waals surface area contributed by atoms with Crippen molar-refractivity contribution in [3.8, 4) is 0 Å². The van der Waals surface area contributed by atoms with Crippen molar-refractivity contribution in [2.24, 2.45) is 11.8 Å². The predicted octanol–water partition coefficient (Wildman–Crippen LogP) is 3.83. The highest BCUT2D eigenvalue weighted by atomic mass is 16.6. The number of nitrogens with one attached hydrogen (secondary N) is 3. The maximum Gasteiger partial charge on any atom is 0.410 e. The molecule has 0 spiro atoms. The second-order valence-electron chi connectivity index (χ2n) is 14.2. The van der Waals surface area contributed by atoms with Crippen molar-refractivity contribution in [2.45, 2.75) is 83.3 Å². The van der Waals surface area contributed by atoms with E-state index in [1.165, 1.54) is 0 Å². The molecule has 4 atom stereocenters. The van der Waals surface area contributed by atoms with E-state index in [1.54, 1.807) is 4.90 Å².